The molecule has 2 rings (SSSR count). The van der Waals surface area contributed by atoms with Crippen molar-refractivity contribution in [2.75, 3.05) is 32.8 Å². The number of fused-ring (bicyclic) bond motifs is 1. The van der Waals surface area contributed by atoms with Crippen molar-refractivity contribution in [3.63, 3.8) is 0 Å². The third kappa shape index (κ3) is 8.17. The number of hydrazine groups is 1. The van der Waals surface area contributed by atoms with Crippen LogP contribution in [0.2, 0.25) is 0 Å². The van der Waals surface area contributed by atoms with Gasteiger partial charge < -0.3 is 25.4 Å². The topological polar surface area (TPSA) is 144 Å². The first-order valence-corrected chi connectivity index (χ1v) is 11.6. The van der Waals surface area contributed by atoms with Crippen molar-refractivity contribution in [2.24, 2.45) is 34.4 Å². The molecule has 1 saturated carbocycles. The van der Waals surface area contributed by atoms with Crippen molar-refractivity contribution in [2.45, 2.75) is 64.8 Å². The minimum atomic E-state index is -0.324. The Balaban J connectivity index is 1.67. The predicted octanol–water partition coefficient (Wildman–Crippen LogP) is 1.31. The minimum absolute atomic E-state index is 0.207. The molecule has 2 aliphatic rings. The Morgan fingerprint density at radius 1 is 1.13 bits per heavy atom. The summed E-state index contributed by atoms with van der Waals surface area (Å²) in [5.74, 6) is 7.23. The summed E-state index contributed by atoms with van der Waals surface area (Å²) in [6.07, 6.45) is 6.19. The van der Waals surface area contributed by atoms with Crippen LogP contribution in [0, 0.1) is 17.8 Å². The van der Waals surface area contributed by atoms with Gasteiger partial charge in [0.2, 0.25) is 0 Å². The summed E-state index contributed by atoms with van der Waals surface area (Å²) in [7, 11) is 0. The number of hydrazone groups is 1. The molecule has 0 spiro atoms. The number of carbonyl (C=O) groups excluding carboxylic acids is 2. The Kier molecular flexibility index (Phi) is 10.9. The van der Waals surface area contributed by atoms with Crippen LogP contribution in [-0.2, 0) is 14.3 Å². The quantitative estimate of drug-likeness (QED) is 0.0940. The van der Waals surface area contributed by atoms with Crippen molar-refractivity contribution in [1.29, 1.82) is 0 Å². The van der Waals surface area contributed by atoms with Crippen molar-refractivity contribution in [1.82, 2.24) is 15.8 Å². The zero-order valence-electron chi connectivity index (χ0n) is 19.0. The maximum atomic E-state index is 12.5. The summed E-state index contributed by atoms with van der Waals surface area (Å²) in [4.78, 5) is 25.9. The minimum Gasteiger partial charge on any atom is -0.464 e. The number of rotatable bonds is 11. The van der Waals surface area contributed by atoms with Gasteiger partial charge >= 0.3 is 12.1 Å². The second-order valence-electron chi connectivity index (χ2n) is 8.47. The van der Waals surface area contributed by atoms with Gasteiger partial charge in [-0.1, -0.05) is 6.42 Å². The fraction of sp³-hybridized carbons (Fsp3) is 0.857. The maximum absolute atomic E-state index is 12.5. The third-order valence-corrected chi connectivity index (χ3v) is 6.49. The van der Waals surface area contributed by atoms with Gasteiger partial charge in [-0.25, -0.2) is 16.2 Å². The van der Waals surface area contributed by atoms with Gasteiger partial charge in [0.15, 0.2) is 0 Å². The highest BCUT2D eigenvalue weighted by Gasteiger charge is 2.38. The zero-order valence-corrected chi connectivity index (χ0v) is 19.0. The van der Waals surface area contributed by atoms with Crippen LogP contribution in [-0.4, -0.2) is 61.7 Å². The molecule has 10 heteroatoms. The molecule has 0 radical (unpaired) electrons. The predicted molar refractivity (Wildman–Crippen MR) is 119 cm³/mol. The van der Waals surface area contributed by atoms with Gasteiger partial charge in [0.25, 0.3) is 0 Å². The third-order valence-electron chi connectivity index (χ3n) is 6.49. The van der Waals surface area contributed by atoms with Crippen LogP contribution in [0.1, 0.15) is 58.8 Å². The summed E-state index contributed by atoms with van der Waals surface area (Å²) < 4.78 is 10.6. The summed E-state index contributed by atoms with van der Waals surface area (Å²) in [6, 6.07) is -0.258. The van der Waals surface area contributed by atoms with Crippen molar-refractivity contribution < 1.29 is 19.1 Å². The Bertz CT molecular complexity index is 598. The van der Waals surface area contributed by atoms with Gasteiger partial charge in [0, 0.05) is 25.9 Å². The molecule has 2 fully saturated rings. The molecule has 1 heterocycles. The highest BCUT2D eigenvalue weighted by molar-refractivity contribution is 5.79. The molecule has 4 unspecified atom stereocenters. The first-order chi connectivity index (χ1) is 15.0. The number of nitrogens with one attached hydrogen (secondary N) is 2. The maximum Gasteiger partial charge on any atom is 0.409 e. The lowest BCUT2D eigenvalue weighted by molar-refractivity contribution is -0.148. The Morgan fingerprint density at radius 3 is 2.58 bits per heavy atom. The molecule has 0 aromatic rings. The van der Waals surface area contributed by atoms with Gasteiger partial charge in [-0.05, 0) is 63.8 Å². The van der Waals surface area contributed by atoms with E-state index in [1.165, 1.54) is 12.8 Å². The second-order valence-corrected chi connectivity index (χ2v) is 8.47. The van der Waals surface area contributed by atoms with Gasteiger partial charge in [-0.3, -0.25) is 4.79 Å². The van der Waals surface area contributed by atoms with E-state index in [2.05, 4.69) is 16.0 Å². The summed E-state index contributed by atoms with van der Waals surface area (Å²) in [5, 5.41) is 7.18. The first kappa shape index (κ1) is 25.2. The normalized spacial score (nSPS) is 26.0. The van der Waals surface area contributed by atoms with Crippen LogP contribution >= 0.6 is 0 Å². The average molecular weight is 441 g/mol. The lowest BCUT2D eigenvalue weighted by Crippen LogP contribution is -2.50. The standard InChI is InChI=1S/C21H40N6O4/c1-3-27(4-2)21(29)31-11-5-10-30-20(28)18-13-17-12-15(6-8-16(17)14-24-18)7-9-19(22)25-26-23/h15-18,24,26H,3-14,23H2,1-2H3,(H2,22,25). The molecule has 1 aliphatic heterocycles. The number of amides is 1. The molecule has 4 atom stereocenters. The molecule has 1 saturated heterocycles. The molecular weight excluding hydrogens is 400 g/mol. The average Bonchev–Trinajstić information content (AvgIpc) is 2.77. The molecular formula is C21H40N6O4. The number of nitrogens with two attached hydrogens (primary N) is 2. The van der Waals surface area contributed by atoms with Crippen LogP contribution in [0.5, 0.6) is 0 Å². The Labute approximate surface area is 185 Å². The van der Waals surface area contributed by atoms with Crippen LogP contribution in [0.25, 0.3) is 0 Å². The first-order valence-electron chi connectivity index (χ1n) is 11.6. The van der Waals surface area contributed by atoms with E-state index >= 15 is 0 Å². The summed E-state index contributed by atoms with van der Waals surface area (Å²) in [6.45, 7) is 6.42. The number of hydrogen-bond donors (Lipinski definition) is 4. The van der Waals surface area contributed by atoms with E-state index in [0.717, 1.165) is 32.2 Å². The molecule has 0 bridgehead atoms. The van der Waals surface area contributed by atoms with E-state index in [-0.39, 0.29) is 31.3 Å². The number of amidine groups is 1. The molecule has 1 aliphatic carbocycles. The number of carbonyl (C=O) groups is 2. The highest BCUT2D eigenvalue weighted by atomic mass is 16.6. The molecule has 10 nitrogen and oxygen atoms in total. The smallest absolute Gasteiger partial charge is 0.409 e. The molecule has 178 valence electrons. The molecule has 31 heavy (non-hydrogen) atoms. The largest absolute Gasteiger partial charge is 0.464 e. The fourth-order valence-corrected chi connectivity index (χ4v) is 4.66. The van der Waals surface area contributed by atoms with E-state index in [1.54, 1.807) is 4.90 Å². The number of esters is 1. The molecule has 6 N–H and O–H groups in total. The lowest BCUT2D eigenvalue weighted by atomic mass is 9.69. The van der Waals surface area contributed by atoms with Gasteiger partial charge in [-0.15, -0.1) is 0 Å². The van der Waals surface area contributed by atoms with Crippen molar-refractivity contribution in [3.8, 4) is 0 Å². The summed E-state index contributed by atoms with van der Waals surface area (Å²) in [5.41, 5.74) is 8.05. The molecule has 0 aromatic heterocycles. The molecule has 0 aromatic carbocycles. The zero-order chi connectivity index (χ0) is 22.6. The van der Waals surface area contributed by atoms with E-state index in [4.69, 9.17) is 21.1 Å². The van der Waals surface area contributed by atoms with Crippen LogP contribution < -0.4 is 22.4 Å². The van der Waals surface area contributed by atoms with E-state index < -0.39 is 0 Å². The van der Waals surface area contributed by atoms with E-state index in [9.17, 15) is 9.59 Å². The SMILES string of the molecule is CCN(CC)C(=O)OCCCOC(=O)C1CC2CC(CC/C(N)=N/NN)CCC2CN1. The number of piperidine rings is 1. The Morgan fingerprint density at radius 2 is 1.87 bits per heavy atom. The highest BCUT2D eigenvalue weighted by Crippen LogP contribution is 2.40. The van der Waals surface area contributed by atoms with E-state index in [0.29, 0.717) is 43.1 Å². The van der Waals surface area contributed by atoms with Gasteiger partial charge in [-0.2, -0.15) is 5.10 Å². The summed E-state index contributed by atoms with van der Waals surface area (Å²) >= 11 is 0. The van der Waals surface area contributed by atoms with Gasteiger partial charge in [0.05, 0.1) is 13.2 Å². The van der Waals surface area contributed by atoms with Crippen LogP contribution in [0.15, 0.2) is 5.10 Å². The van der Waals surface area contributed by atoms with Gasteiger partial charge in [0.1, 0.15) is 11.9 Å². The van der Waals surface area contributed by atoms with E-state index in [1.807, 2.05) is 13.8 Å². The second kappa shape index (κ2) is 13.4. The van der Waals surface area contributed by atoms with Crippen molar-refractivity contribution in [3.05, 3.63) is 0 Å². The Hall–Kier alpha value is -2.07. The van der Waals surface area contributed by atoms with Crippen LogP contribution in [0.4, 0.5) is 4.79 Å². The fourth-order valence-electron chi connectivity index (χ4n) is 4.66. The van der Waals surface area contributed by atoms with Crippen LogP contribution in [0.3, 0.4) is 0 Å². The monoisotopic (exact) mass is 440 g/mol. The lowest BCUT2D eigenvalue weighted by Gasteiger charge is -2.42. The number of nitrogens with zero attached hydrogens (tertiary/aromatic N) is 2. The number of ether oxygens (including phenoxy) is 2. The molecule has 1 amide bonds. The van der Waals surface area contributed by atoms with Crippen molar-refractivity contribution >= 4 is 17.9 Å². The number of hydrogen-bond acceptors (Lipinski definition) is 8.